The number of aromatic nitrogens is 1. The Morgan fingerprint density at radius 2 is 2.15 bits per heavy atom. The largest absolute Gasteiger partial charge is 0.487 e. The molecule has 0 aliphatic rings. The number of amides is 1. The molecule has 0 aliphatic heterocycles. The van der Waals surface area contributed by atoms with E-state index in [0.29, 0.717) is 18.2 Å². The molecular formula is C14H16N2O3S. The molecule has 6 heteroatoms. The molecule has 0 bridgehead atoms. The van der Waals surface area contributed by atoms with Gasteiger partial charge in [-0.25, -0.2) is 4.98 Å². The standard InChI is InChI=1S/C14H16N2O3S/c1-10(18)15-14-16-12(9-20-14)8-19-13-4-2-11(3-5-13)6-7-17/h2-5,9,17H,6-8H2,1H3,(H,15,16,18). The first-order valence-electron chi connectivity index (χ1n) is 6.22. The Hall–Kier alpha value is -1.92. The van der Waals surface area contributed by atoms with Crippen LogP contribution in [0.2, 0.25) is 0 Å². The lowest BCUT2D eigenvalue weighted by Crippen LogP contribution is -2.05. The van der Waals surface area contributed by atoms with Crippen molar-refractivity contribution in [3.05, 3.63) is 40.9 Å². The smallest absolute Gasteiger partial charge is 0.223 e. The molecule has 20 heavy (non-hydrogen) atoms. The first-order chi connectivity index (χ1) is 9.67. The van der Waals surface area contributed by atoms with E-state index in [2.05, 4.69) is 10.3 Å². The van der Waals surface area contributed by atoms with Crippen LogP contribution in [0.15, 0.2) is 29.6 Å². The Morgan fingerprint density at radius 3 is 2.80 bits per heavy atom. The Morgan fingerprint density at radius 1 is 1.40 bits per heavy atom. The zero-order valence-electron chi connectivity index (χ0n) is 11.1. The minimum absolute atomic E-state index is 0.133. The SMILES string of the molecule is CC(=O)Nc1nc(COc2ccc(CCO)cc2)cs1. The summed E-state index contributed by atoms with van der Waals surface area (Å²) in [6.07, 6.45) is 0.645. The summed E-state index contributed by atoms with van der Waals surface area (Å²) in [7, 11) is 0. The van der Waals surface area contributed by atoms with E-state index in [9.17, 15) is 4.79 Å². The van der Waals surface area contributed by atoms with Gasteiger partial charge < -0.3 is 15.2 Å². The Bertz CT molecular complexity index is 566. The average molecular weight is 292 g/mol. The number of rotatable bonds is 6. The van der Waals surface area contributed by atoms with Gasteiger partial charge in [0.1, 0.15) is 12.4 Å². The molecule has 1 amide bonds. The van der Waals surface area contributed by atoms with Gasteiger partial charge in [-0.2, -0.15) is 0 Å². The summed E-state index contributed by atoms with van der Waals surface area (Å²) in [6.45, 7) is 1.95. The quantitative estimate of drug-likeness (QED) is 0.856. The molecule has 1 aromatic heterocycles. The number of nitrogens with one attached hydrogen (secondary N) is 1. The van der Waals surface area contributed by atoms with Crippen LogP contribution in [0.5, 0.6) is 5.75 Å². The lowest BCUT2D eigenvalue weighted by atomic mass is 10.1. The van der Waals surface area contributed by atoms with Gasteiger partial charge in [-0.05, 0) is 24.1 Å². The highest BCUT2D eigenvalue weighted by Crippen LogP contribution is 2.18. The van der Waals surface area contributed by atoms with E-state index < -0.39 is 0 Å². The van der Waals surface area contributed by atoms with Crippen LogP contribution in [0.4, 0.5) is 5.13 Å². The Balaban J connectivity index is 1.88. The number of carbonyl (C=O) groups excluding carboxylic acids is 1. The van der Waals surface area contributed by atoms with Gasteiger partial charge in [-0.15, -0.1) is 11.3 Å². The summed E-state index contributed by atoms with van der Waals surface area (Å²) in [6, 6.07) is 7.59. The molecule has 2 rings (SSSR count). The summed E-state index contributed by atoms with van der Waals surface area (Å²) >= 11 is 1.37. The number of benzene rings is 1. The molecule has 2 aromatic rings. The van der Waals surface area contributed by atoms with Gasteiger partial charge in [0.2, 0.25) is 5.91 Å². The minimum atomic E-state index is -0.133. The molecule has 0 spiro atoms. The van der Waals surface area contributed by atoms with Crippen LogP contribution in [-0.4, -0.2) is 22.6 Å². The van der Waals surface area contributed by atoms with Crippen molar-refractivity contribution in [3.8, 4) is 5.75 Å². The number of anilines is 1. The number of nitrogens with zero attached hydrogens (tertiary/aromatic N) is 1. The fourth-order valence-corrected chi connectivity index (χ4v) is 2.36. The Labute approximate surface area is 121 Å². The van der Waals surface area contributed by atoms with Crippen LogP contribution >= 0.6 is 11.3 Å². The van der Waals surface area contributed by atoms with E-state index in [0.717, 1.165) is 17.0 Å². The van der Waals surface area contributed by atoms with Crippen LogP contribution < -0.4 is 10.1 Å². The number of hydrogen-bond acceptors (Lipinski definition) is 5. The van der Waals surface area contributed by atoms with Crippen molar-refractivity contribution in [3.63, 3.8) is 0 Å². The molecule has 1 heterocycles. The van der Waals surface area contributed by atoms with Crippen molar-refractivity contribution in [2.45, 2.75) is 20.0 Å². The third-order valence-electron chi connectivity index (χ3n) is 2.55. The molecule has 0 atom stereocenters. The first kappa shape index (κ1) is 14.5. The predicted octanol–water partition coefficient (Wildman–Crippen LogP) is 2.22. The zero-order valence-corrected chi connectivity index (χ0v) is 11.9. The number of aliphatic hydroxyl groups is 1. The van der Waals surface area contributed by atoms with Gasteiger partial charge in [0.25, 0.3) is 0 Å². The van der Waals surface area contributed by atoms with E-state index in [1.807, 2.05) is 29.6 Å². The fraction of sp³-hybridized carbons (Fsp3) is 0.286. The molecule has 2 N–H and O–H groups in total. The monoisotopic (exact) mass is 292 g/mol. The second-order valence-electron chi connectivity index (χ2n) is 4.23. The van der Waals surface area contributed by atoms with Gasteiger partial charge in [-0.3, -0.25) is 4.79 Å². The van der Waals surface area contributed by atoms with Crippen molar-refractivity contribution in [1.82, 2.24) is 4.98 Å². The third-order valence-corrected chi connectivity index (χ3v) is 3.35. The zero-order chi connectivity index (χ0) is 14.4. The summed E-state index contributed by atoms with van der Waals surface area (Å²) in [4.78, 5) is 15.1. The topological polar surface area (TPSA) is 71.5 Å². The van der Waals surface area contributed by atoms with Crippen LogP contribution in [0.3, 0.4) is 0 Å². The highest BCUT2D eigenvalue weighted by atomic mass is 32.1. The molecule has 0 unspecified atom stereocenters. The summed E-state index contributed by atoms with van der Waals surface area (Å²) in [5.74, 6) is 0.618. The molecule has 0 fully saturated rings. The van der Waals surface area contributed by atoms with E-state index in [4.69, 9.17) is 9.84 Å². The fourth-order valence-electron chi connectivity index (χ4n) is 1.62. The van der Waals surface area contributed by atoms with Crippen molar-refractivity contribution in [2.75, 3.05) is 11.9 Å². The number of aliphatic hydroxyl groups excluding tert-OH is 1. The van der Waals surface area contributed by atoms with E-state index in [1.165, 1.54) is 18.3 Å². The van der Waals surface area contributed by atoms with Crippen LogP contribution in [0.25, 0.3) is 0 Å². The van der Waals surface area contributed by atoms with Crippen LogP contribution in [0, 0.1) is 0 Å². The summed E-state index contributed by atoms with van der Waals surface area (Å²) in [5, 5.41) is 13.9. The molecule has 0 saturated carbocycles. The van der Waals surface area contributed by atoms with Crippen LogP contribution in [-0.2, 0) is 17.8 Å². The van der Waals surface area contributed by atoms with Gasteiger partial charge in [0, 0.05) is 18.9 Å². The van der Waals surface area contributed by atoms with Crippen molar-refractivity contribution < 1.29 is 14.6 Å². The number of carbonyl (C=O) groups is 1. The maximum Gasteiger partial charge on any atom is 0.223 e. The van der Waals surface area contributed by atoms with Gasteiger partial charge in [-0.1, -0.05) is 12.1 Å². The van der Waals surface area contributed by atoms with Crippen LogP contribution in [0.1, 0.15) is 18.2 Å². The second-order valence-corrected chi connectivity index (χ2v) is 5.09. The average Bonchev–Trinajstić information content (AvgIpc) is 2.85. The predicted molar refractivity (Wildman–Crippen MR) is 78.0 cm³/mol. The molecule has 5 nitrogen and oxygen atoms in total. The molecule has 1 aromatic carbocycles. The molecular weight excluding hydrogens is 276 g/mol. The van der Waals surface area contributed by atoms with Gasteiger partial charge in [0.05, 0.1) is 5.69 Å². The highest BCUT2D eigenvalue weighted by Gasteiger charge is 2.04. The summed E-state index contributed by atoms with van der Waals surface area (Å²) in [5.41, 5.74) is 1.85. The van der Waals surface area contributed by atoms with Gasteiger partial charge >= 0.3 is 0 Å². The van der Waals surface area contributed by atoms with E-state index in [-0.39, 0.29) is 12.5 Å². The number of hydrogen-bond donors (Lipinski definition) is 2. The third kappa shape index (κ3) is 4.32. The van der Waals surface area contributed by atoms with Gasteiger partial charge in [0.15, 0.2) is 5.13 Å². The normalized spacial score (nSPS) is 10.3. The minimum Gasteiger partial charge on any atom is -0.487 e. The van der Waals surface area contributed by atoms with Crippen molar-refractivity contribution in [1.29, 1.82) is 0 Å². The summed E-state index contributed by atoms with van der Waals surface area (Å²) < 4.78 is 5.61. The molecule has 0 saturated heterocycles. The maximum atomic E-state index is 10.9. The highest BCUT2D eigenvalue weighted by molar-refractivity contribution is 7.13. The molecule has 0 radical (unpaired) electrons. The number of ether oxygens (including phenoxy) is 1. The second kappa shape index (κ2) is 7.02. The maximum absolute atomic E-state index is 10.9. The lowest BCUT2D eigenvalue weighted by molar-refractivity contribution is -0.114. The van der Waals surface area contributed by atoms with E-state index >= 15 is 0 Å². The number of thiazole rings is 1. The first-order valence-corrected chi connectivity index (χ1v) is 7.10. The van der Waals surface area contributed by atoms with Crippen molar-refractivity contribution >= 4 is 22.4 Å². The van der Waals surface area contributed by atoms with E-state index in [1.54, 1.807) is 0 Å². The van der Waals surface area contributed by atoms with Crippen molar-refractivity contribution in [2.24, 2.45) is 0 Å². The Kier molecular flexibility index (Phi) is 5.09. The molecule has 106 valence electrons. The lowest BCUT2D eigenvalue weighted by Gasteiger charge is -2.05. The molecule has 0 aliphatic carbocycles.